The standard InChI is InChI=1S/C15H21ClFNO2/c1-10(2)14(12-4-3-11(16)7-13(12)17)18-8-15(19)5-6-20-9-15/h3-4,7,10,14,18-19H,5-6,8-9H2,1-2H3/t14-,15+/m1/s1. The lowest BCUT2D eigenvalue weighted by Gasteiger charge is -2.28. The first-order chi connectivity index (χ1) is 9.41. The molecule has 0 amide bonds. The van der Waals surface area contributed by atoms with Crippen molar-refractivity contribution < 1.29 is 14.2 Å². The van der Waals surface area contributed by atoms with Crippen LogP contribution in [0.1, 0.15) is 31.9 Å². The van der Waals surface area contributed by atoms with Gasteiger partial charge in [-0.1, -0.05) is 31.5 Å². The molecule has 3 nitrogen and oxygen atoms in total. The topological polar surface area (TPSA) is 41.5 Å². The Morgan fingerprint density at radius 1 is 1.50 bits per heavy atom. The molecule has 0 saturated carbocycles. The van der Waals surface area contributed by atoms with E-state index in [1.165, 1.54) is 6.07 Å². The van der Waals surface area contributed by atoms with E-state index in [1.54, 1.807) is 12.1 Å². The number of nitrogens with one attached hydrogen (secondary N) is 1. The van der Waals surface area contributed by atoms with Crippen LogP contribution < -0.4 is 5.32 Å². The maximum atomic E-state index is 14.0. The van der Waals surface area contributed by atoms with Crippen molar-refractivity contribution in [1.82, 2.24) is 5.32 Å². The zero-order valence-electron chi connectivity index (χ0n) is 11.8. The van der Waals surface area contributed by atoms with Crippen LogP contribution in [0.15, 0.2) is 18.2 Å². The molecule has 1 heterocycles. The molecule has 1 aromatic carbocycles. The maximum Gasteiger partial charge on any atom is 0.129 e. The minimum Gasteiger partial charge on any atom is -0.386 e. The van der Waals surface area contributed by atoms with Crippen LogP contribution >= 0.6 is 11.6 Å². The van der Waals surface area contributed by atoms with E-state index in [4.69, 9.17) is 16.3 Å². The van der Waals surface area contributed by atoms with E-state index in [2.05, 4.69) is 5.32 Å². The molecule has 112 valence electrons. The van der Waals surface area contributed by atoms with Gasteiger partial charge in [-0.05, 0) is 18.1 Å². The monoisotopic (exact) mass is 301 g/mol. The summed E-state index contributed by atoms with van der Waals surface area (Å²) in [5.74, 6) is -0.130. The Labute approximate surface area is 124 Å². The zero-order chi connectivity index (χ0) is 14.8. The van der Waals surface area contributed by atoms with E-state index < -0.39 is 5.60 Å². The van der Waals surface area contributed by atoms with Gasteiger partial charge in [0.2, 0.25) is 0 Å². The summed E-state index contributed by atoms with van der Waals surface area (Å²) in [6, 6.07) is 4.54. The first-order valence-corrected chi connectivity index (χ1v) is 7.27. The van der Waals surface area contributed by atoms with Crippen molar-refractivity contribution >= 4 is 11.6 Å². The summed E-state index contributed by atoms with van der Waals surface area (Å²) in [6.45, 7) is 5.31. The van der Waals surface area contributed by atoms with E-state index in [1.807, 2.05) is 13.8 Å². The van der Waals surface area contributed by atoms with Crippen LogP contribution in [0.5, 0.6) is 0 Å². The summed E-state index contributed by atoms with van der Waals surface area (Å²) in [7, 11) is 0. The second-order valence-electron chi connectivity index (χ2n) is 5.80. The Balaban J connectivity index is 2.10. The Hall–Kier alpha value is -0.680. The highest BCUT2D eigenvalue weighted by Gasteiger charge is 2.33. The lowest BCUT2D eigenvalue weighted by Crippen LogP contribution is -2.43. The van der Waals surface area contributed by atoms with Crippen molar-refractivity contribution in [2.45, 2.75) is 31.9 Å². The molecular weight excluding hydrogens is 281 g/mol. The van der Waals surface area contributed by atoms with Gasteiger partial charge in [-0.15, -0.1) is 0 Å². The van der Waals surface area contributed by atoms with E-state index in [0.29, 0.717) is 36.8 Å². The normalized spacial score (nSPS) is 24.3. The van der Waals surface area contributed by atoms with Crippen LogP contribution in [-0.4, -0.2) is 30.5 Å². The predicted molar refractivity (Wildman–Crippen MR) is 77.4 cm³/mol. The number of rotatable bonds is 5. The maximum absolute atomic E-state index is 14.0. The van der Waals surface area contributed by atoms with E-state index in [9.17, 15) is 9.50 Å². The van der Waals surface area contributed by atoms with Crippen molar-refractivity contribution in [2.24, 2.45) is 5.92 Å². The Morgan fingerprint density at radius 3 is 2.80 bits per heavy atom. The molecule has 1 aliphatic rings. The highest BCUT2D eigenvalue weighted by Crippen LogP contribution is 2.27. The van der Waals surface area contributed by atoms with Gasteiger partial charge in [-0.2, -0.15) is 0 Å². The Bertz CT molecular complexity index is 461. The summed E-state index contributed by atoms with van der Waals surface area (Å²) < 4.78 is 19.3. The number of hydrogen-bond acceptors (Lipinski definition) is 3. The third-order valence-corrected chi connectivity index (χ3v) is 3.93. The summed E-state index contributed by atoms with van der Waals surface area (Å²) in [5.41, 5.74) is -0.275. The third kappa shape index (κ3) is 3.70. The van der Waals surface area contributed by atoms with Crippen LogP contribution in [0.25, 0.3) is 0 Å². The van der Waals surface area contributed by atoms with Crippen molar-refractivity contribution in [3.05, 3.63) is 34.6 Å². The summed E-state index contributed by atoms with van der Waals surface area (Å²) in [5, 5.41) is 13.9. The van der Waals surface area contributed by atoms with E-state index in [0.717, 1.165) is 0 Å². The van der Waals surface area contributed by atoms with Gasteiger partial charge in [-0.25, -0.2) is 4.39 Å². The number of halogens is 2. The van der Waals surface area contributed by atoms with Crippen LogP contribution in [0.3, 0.4) is 0 Å². The lowest BCUT2D eigenvalue weighted by atomic mass is 9.94. The average Bonchev–Trinajstić information content (AvgIpc) is 2.79. The molecule has 0 aromatic heterocycles. The zero-order valence-corrected chi connectivity index (χ0v) is 12.6. The minimum absolute atomic E-state index is 0.170. The largest absolute Gasteiger partial charge is 0.386 e. The van der Waals surface area contributed by atoms with Gasteiger partial charge in [0.25, 0.3) is 0 Å². The summed E-state index contributed by atoms with van der Waals surface area (Å²) >= 11 is 5.79. The molecule has 20 heavy (non-hydrogen) atoms. The van der Waals surface area contributed by atoms with Crippen LogP contribution in [0.2, 0.25) is 5.02 Å². The van der Waals surface area contributed by atoms with Crippen molar-refractivity contribution in [2.75, 3.05) is 19.8 Å². The van der Waals surface area contributed by atoms with Crippen molar-refractivity contribution in [3.63, 3.8) is 0 Å². The smallest absolute Gasteiger partial charge is 0.129 e. The molecule has 1 aliphatic heterocycles. The molecule has 2 N–H and O–H groups in total. The van der Waals surface area contributed by atoms with Crippen molar-refractivity contribution in [1.29, 1.82) is 0 Å². The minimum atomic E-state index is -0.851. The van der Waals surface area contributed by atoms with Crippen molar-refractivity contribution in [3.8, 4) is 0 Å². The van der Waals surface area contributed by atoms with Crippen LogP contribution in [0, 0.1) is 11.7 Å². The fourth-order valence-corrected chi connectivity index (χ4v) is 2.65. The molecule has 1 saturated heterocycles. The van der Waals surface area contributed by atoms with Gasteiger partial charge in [0.1, 0.15) is 11.4 Å². The quantitative estimate of drug-likeness (QED) is 0.878. The highest BCUT2D eigenvalue weighted by atomic mass is 35.5. The highest BCUT2D eigenvalue weighted by molar-refractivity contribution is 6.30. The summed E-state index contributed by atoms with van der Waals surface area (Å²) in [6.07, 6.45) is 0.605. The van der Waals surface area contributed by atoms with Gasteiger partial charge < -0.3 is 15.2 Å². The molecule has 0 spiro atoms. The molecule has 1 fully saturated rings. The van der Waals surface area contributed by atoms with Gasteiger partial charge in [0.15, 0.2) is 0 Å². The molecule has 0 radical (unpaired) electrons. The number of hydrogen-bond donors (Lipinski definition) is 2. The Kier molecular flexibility index (Phi) is 5.02. The fraction of sp³-hybridized carbons (Fsp3) is 0.600. The SMILES string of the molecule is CC(C)[C@@H](NC[C@@]1(O)CCOC1)c1ccc(Cl)cc1F. The first kappa shape index (κ1) is 15.7. The molecule has 5 heteroatoms. The summed E-state index contributed by atoms with van der Waals surface area (Å²) in [4.78, 5) is 0. The number of ether oxygens (including phenoxy) is 1. The van der Waals surface area contributed by atoms with Gasteiger partial charge in [-0.3, -0.25) is 0 Å². The molecule has 0 unspecified atom stereocenters. The third-order valence-electron chi connectivity index (χ3n) is 3.70. The number of aliphatic hydroxyl groups is 1. The second kappa shape index (κ2) is 6.39. The molecule has 0 aliphatic carbocycles. The molecule has 2 rings (SSSR count). The Morgan fingerprint density at radius 2 is 2.25 bits per heavy atom. The van der Waals surface area contributed by atoms with Gasteiger partial charge >= 0.3 is 0 Å². The molecule has 1 aromatic rings. The van der Waals surface area contributed by atoms with E-state index in [-0.39, 0.29) is 17.8 Å². The van der Waals surface area contributed by atoms with Gasteiger partial charge in [0.05, 0.1) is 6.61 Å². The second-order valence-corrected chi connectivity index (χ2v) is 6.23. The molecular formula is C15H21ClFNO2. The average molecular weight is 302 g/mol. The van der Waals surface area contributed by atoms with Gasteiger partial charge in [0, 0.05) is 36.2 Å². The molecule has 2 atom stereocenters. The predicted octanol–water partition coefficient (Wildman–Crippen LogP) is 2.92. The first-order valence-electron chi connectivity index (χ1n) is 6.90. The lowest BCUT2D eigenvalue weighted by molar-refractivity contribution is 0.0233. The number of benzene rings is 1. The van der Waals surface area contributed by atoms with Crippen LogP contribution in [-0.2, 0) is 4.74 Å². The van der Waals surface area contributed by atoms with E-state index >= 15 is 0 Å². The molecule has 0 bridgehead atoms. The fourth-order valence-electron chi connectivity index (χ4n) is 2.49. The van der Waals surface area contributed by atoms with Crippen LogP contribution in [0.4, 0.5) is 4.39 Å².